The molecule has 4 atom stereocenters. The monoisotopic (exact) mass is 541 g/mol. The molecule has 6 N–H and O–H groups in total. The molecule has 2 fully saturated rings. The summed E-state index contributed by atoms with van der Waals surface area (Å²) in [6.07, 6.45) is -0.828. The van der Waals surface area contributed by atoms with E-state index in [2.05, 4.69) is 32.1 Å². The molecule has 0 aliphatic carbocycles. The normalized spacial score (nSPS) is 23.8. The number of aliphatic hydroxyl groups excluding tert-OH is 3. The van der Waals surface area contributed by atoms with Crippen LogP contribution >= 0.6 is 11.6 Å². The molecule has 2 aromatic heterocycles. The van der Waals surface area contributed by atoms with Gasteiger partial charge in [0.1, 0.15) is 23.8 Å². The van der Waals surface area contributed by atoms with E-state index in [9.17, 15) is 20.1 Å². The average Bonchev–Trinajstić information content (AvgIpc) is 3.45. The molecule has 12 nitrogen and oxygen atoms in total. The smallest absolute Gasteiger partial charge is 0.321 e. The molecule has 38 heavy (non-hydrogen) atoms. The Morgan fingerprint density at radius 1 is 1.24 bits per heavy atom. The van der Waals surface area contributed by atoms with E-state index in [1.54, 1.807) is 29.2 Å². The van der Waals surface area contributed by atoms with Crippen LogP contribution in [0.3, 0.4) is 0 Å². The standard InChI is InChI=1S/C25H28ClN7O5/c26-15-4-2-5-16(11-15)29-25(37)32-9-7-14(8-10-32)3-1-6-18-30-22(27)19-23(31-18)33(13-28-19)24-21(36)20(35)17(12-34)38-24/h2,4-5,11,13-14,17,20-21,24,34-36H,3,7-10,12H2,(H,29,37)(H2,27,30,31)/t17-,20?,21+,24-/m1/s1. The van der Waals surface area contributed by atoms with Gasteiger partial charge in [0.05, 0.1) is 12.9 Å². The van der Waals surface area contributed by atoms with Crippen LogP contribution in [-0.4, -0.2) is 83.8 Å². The zero-order chi connectivity index (χ0) is 26.8. The minimum atomic E-state index is -1.28. The van der Waals surface area contributed by atoms with Gasteiger partial charge in [0.25, 0.3) is 0 Å². The molecule has 2 aliphatic rings. The Morgan fingerprint density at radius 2 is 2.03 bits per heavy atom. The Morgan fingerprint density at radius 3 is 2.74 bits per heavy atom. The minimum Gasteiger partial charge on any atom is -0.394 e. The summed E-state index contributed by atoms with van der Waals surface area (Å²) in [6.45, 7) is 0.802. The lowest BCUT2D eigenvalue weighted by molar-refractivity contribution is -0.0511. The first kappa shape index (κ1) is 26.1. The van der Waals surface area contributed by atoms with Crippen molar-refractivity contribution in [1.29, 1.82) is 0 Å². The number of ether oxygens (including phenoxy) is 1. The van der Waals surface area contributed by atoms with E-state index in [0.717, 1.165) is 12.8 Å². The fourth-order valence-electron chi connectivity index (χ4n) is 4.67. The number of piperidine rings is 1. The van der Waals surface area contributed by atoms with Crippen molar-refractivity contribution in [1.82, 2.24) is 24.4 Å². The Balaban J connectivity index is 1.21. The zero-order valence-electron chi connectivity index (χ0n) is 20.4. The van der Waals surface area contributed by atoms with Crippen molar-refractivity contribution in [3.8, 4) is 11.8 Å². The van der Waals surface area contributed by atoms with Crippen LogP contribution in [0.5, 0.6) is 0 Å². The largest absolute Gasteiger partial charge is 0.394 e. The Hall–Kier alpha value is -3.47. The number of anilines is 2. The summed E-state index contributed by atoms with van der Waals surface area (Å²) in [5.74, 6) is 6.72. The number of urea groups is 1. The number of benzene rings is 1. The first-order valence-electron chi connectivity index (χ1n) is 12.3. The Bertz CT molecular complexity index is 1380. The van der Waals surface area contributed by atoms with E-state index in [4.69, 9.17) is 22.1 Å². The van der Waals surface area contributed by atoms with Crippen molar-refractivity contribution in [2.75, 3.05) is 30.7 Å². The van der Waals surface area contributed by atoms with Crippen LogP contribution in [0, 0.1) is 17.8 Å². The molecule has 0 bridgehead atoms. The van der Waals surface area contributed by atoms with E-state index < -0.39 is 31.1 Å². The summed E-state index contributed by atoms with van der Waals surface area (Å²) in [5, 5.41) is 33.3. The molecule has 1 aromatic carbocycles. The van der Waals surface area contributed by atoms with Crippen molar-refractivity contribution in [3.63, 3.8) is 0 Å². The molecule has 0 radical (unpaired) electrons. The lowest BCUT2D eigenvalue weighted by Crippen LogP contribution is -2.41. The highest BCUT2D eigenvalue weighted by Gasteiger charge is 2.44. The lowest BCUT2D eigenvalue weighted by Gasteiger charge is -2.31. The van der Waals surface area contributed by atoms with Gasteiger partial charge >= 0.3 is 6.03 Å². The summed E-state index contributed by atoms with van der Waals surface area (Å²) in [7, 11) is 0. The fourth-order valence-corrected chi connectivity index (χ4v) is 4.86. The molecule has 13 heteroatoms. The van der Waals surface area contributed by atoms with Crippen LogP contribution in [0.25, 0.3) is 11.2 Å². The summed E-state index contributed by atoms with van der Waals surface area (Å²) in [5.41, 5.74) is 7.34. The maximum atomic E-state index is 12.6. The van der Waals surface area contributed by atoms with Crippen LogP contribution in [0.15, 0.2) is 30.6 Å². The van der Waals surface area contributed by atoms with E-state index in [-0.39, 0.29) is 17.7 Å². The molecule has 4 heterocycles. The summed E-state index contributed by atoms with van der Waals surface area (Å²) in [6, 6.07) is 6.89. The topological polar surface area (TPSA) is 172 Å². The number of nitrogens with two attached hydrogens (primary N) is 1. The number of nitrogen functional groups attached to an aromatic ring is 1. The second kappa shape index (κ2) is 11.1. The Labute approximate surface area is 223 Å². The van der Waals surface area contributed by atoms with Gasteiger partial charge in [-0.1, -0.05) is 23.6 Å². The first-order valence-corrected chi connectivity index (χ1v) is 12.6. The molecule has 2 amide bonds. The molecule has 2 aliphatic heterocycles. The number of likely N-dealkylation sites (tertiary alicyclic amines) is 1. The molecule has 3 aromatic rings. The van der Waals surface area contributed by atoms with Crippen LogP contribution < -0.4 is 11.1 Å². The van der Waals surface area contributed by atoms with Crippen LogP contribution in [0.4, 0.5) is 16.3 Å². The van der Waals surface area contributed by atoms with Gasteiger partial charge in [-0.15, -0.1) is 0 Å². The van der Waals surface area contributed by atoms with Gasteiger partial charge in [-0.05, 0) is 42.9 Å². The number of aromatic nitrogens is 4. The molecular formula is C25H28ClN7O5. The predicted octanol–water partition coefficient (Wildman–Crippen LogP) is 1.36. The van der Waals surface area contributed by atoms with Gasteiger partial charge in [0.15, 0.2) is 17.7 Å². The summed E-state index contributed by atoms with van der Waals surface area (Å²) < 4.78 is 7.04. The third-order valence-corrected chi connectivity index (χ3v) is 7.04. The number of halogens is 1. The van der Waals surface area contributed by atoms with Gasteiger partial charge in [-0.2, -0.15) is 0 Å². The third-order valence-electron chi connectivity index (χ3n) is 6.81. The zero-order valence-corrected chi connectivity index (χ0v) is 21.1. The number of imidazole rings is 1. The maximum absolute atomic E-state index is 12.6. The SMILES string of the molecule is Nc1nc(C#CCC2CCN(C(=O)Nc3cccc(Cl)c3)CC2)nc2c1ncn2[C@@H]1O[C@H](CO)C(O)[C@@H]1O. The number of amides is 2. The van der Waals surface area contributed by atoms with Crippen LogP contribution in [0.2, 0.25) is 5.02 Å². The van der Waals surface area contributed by atoms with E-state index in [1.165, 1.54) is 10.9 Å². The van der Waals surface area contributed by atoms with Crippen LogP contribution in [-0.2, 0) is 4.74 Å². The number of fused-ring (bicyclic) bond motifs is 1. The third kappa shape index (κ3) is 5.38. The minimum absolute atomic E-state index is 0.129. The maximum Gasteiger partial charge on any atom is 0.321 e. The van der Waals surface area contributed by atoms with Crippen LogP contribution in [0.1, 0.15) is 31.3 Å². The van der Waals surface area contributed by atoms with Crippen molar-refractivity contribution in [3.05, 3.63) is 41.4 Å². The summed E-state index contributed by atoms with van der Waals surface area (Å²) in [4.78, 5) is 27.2. The molecule has 2 saturated heterocycles. The molecule has 1 unspecified atom stereocenters. The van der Waals surface area contributed by atoms with Crippen molar-refractivity contribution in [2.45, 2.75) is 43.8 Å². The average molecular weight is 542 g/mol. The number of carbonyl (C=O) groups excluding carboxylic acids is 1. The molecule has 200 valence electrons. The van der Waals surface area contributed by atoms with Gasteiger partial charge in [0, 0.05) is 30.2 Å². The number of hydrogen-bond acceptors (Lipinski definition) is 9. The number of carbonyl (C=O) groups is 1. The predicted molar refractivity (Wildman–Crippen MR) is 139 cm³/mol. The molecular weight excluding hydrogens is 514 g/mol. The highest BCUT2D eigenvalue weighted by Crippen LogP contribution is 2.32. The number of hydrogen-bond donors (Lipinski definition) is 5. The van der Waals surface area contributed by atoms with Gasteiger partial charge < -0.3 is 36.0 Å². The number of nitrogens with one attached hydrogen (secondary N) is 1. The molecule has 0 saturated carbocycles. The number of aliphatic hydroxyl groups is 3. The quantitative estimate of drug-likeness (QED) is 0.306. The van der Waals surface area contributed by atoms with Crippen molar-refractivity contribution in [2.24, 2.45) is 5.92 Å². The van der Waals surface area contributed by atoms with Crippen molar-refractivity contribution >= 4 is 40.3 Å². The van der Waals surface area contributed by atoms with Gasteiger partial charge in [-0.25, -0.2) is 19.7 Å². The number of rotatable bonds is 4. The lowest BCUT2D eigenvalue weighted by atomic mass is 9.94. The van der Waals surface area contributed by atoms with E-state index >= 15 is 0 Å². The second-order valence-electron chi connectivity index (χ2n) is 9.36. The second-order valence-corrected chi connectivity index (χ2v) is 9.80. The van der Waals surface area contributed by atoms with Gasteiger partial charge in [0.2, 0.25) is 5.82 Å². The van der Waals surface area contributed by atoms with Crippen molar-refractivity contribution < 1.29 is 24.9 Å². The Kier molecular flexibility index (Phi) is 7.64. The summed E-state index contributed by atoms with van der Waals surface area (Å²) >= 11 is 5.99. The fraction of sp³-hybridized carbons (Fsp3) is 0.440. The van der Waals surface area contributed by atoms with E-state index in [0.29, 0.717) is 47.3 Å². The highest BCUT2D eigenvalue weighted by molar-refractivity contribution is 6.30. The van der Waals surface area contributed by atoms with E-state index in [1.807, 2.05) is 0 Å². The molecule has 5 rings (SSSR count). The first-order chi connectivity index (χ1) is 18.3. The molecule has 0 spiro atoms. The number of nitrogens with zero attached hydrogens (tertiary/aromatic N) is 5. The highest BCUT2D eigenvalue weighted by atomic mass is 35.5. The van der Waals surface area contributed by atoms with Gasteiger partial charge in [-0.3, -0.25) is 4.57 Å².